The van der Waals surface area contributed by atoms with E-state index in [1.807, 2.05) is 28.9 Å². The van der Waals surface area contributed by atoms with Crippen molar-refractivity contribution in [1.29, 1.82) is 0 Å². The van der Waals surface area contributed by atoms with Crippen molar-refractivity contribution in [2.75, 3.05) is 13.1 Å². The highest BCUT2D eigenvalue weighted by molar-refractivity contribution is 6.30. The Morgan fingerprint density at radius 3 is 2.32 bits per heavy atom. The van der Waals surface area contributed by atoms with Gasteiger partial charge in [-0.15, -0.1) is 0 Å². The van der Waals surface area contributed by atoms with Crippen molar-refractivity contribution in [1.82, 2.24) is 19.7 Å². The van der Waals surface area contributed by atoms with Crippen LogP contribution in [0.5, 0.6) is 0 Å². The van der Waals surface area contributed by atoms with Crippen molar-refractivity contribution in [2.45, 2.75) is 18.9 Å². The number of nitrogens with zero attached hydrogens (tertiary/aromatic N) is 3. The first-order valence-electron chi connectivity index (χ1n) is 9.03. The Hall–Kier alpha value is -3.06. The molecule has 1 aromatic carbocycles. The Morgan fingerprint density at radius 1 is 1.07 bits per heavy atom. The SMILES string of the molecule is O=C(O)N1CCC(n2[nH]c(=O)c(-c3ccc(Cl)cc3)c2-c2ccncc2)CC1. The van der Waals surface area contributed by atoms with E-state index in [2.05, 4.69) is 10.1 Å². The van der Waals surface area contributed by atoms with Crippen LogP contribution in [-0.4, -0.2) is 44.0 Å². The van der Waals surface area contributed by atoms with E-state index < -0.39 is 6.09 Å². The molecule has 8 heteroatoms. The number of aromatic nitrogens is 3. The van der Waals surface area contributed by atoms with E-state index in [0.717, 1.165) is 16.8 Å². The third-order valence-electron chi connectivity index (χ3n) is 5.11. The number of halogens is 1. The van der Waals surface area contributed by atoms with E-state index in [-0.39, 0.29) is 11.6 Å². The molecule has 28 heavy (non-hydrogen) atoms. The van der Waals surface area contributed by atoms with Crippen LogP contribution in [0.3, 0.4) is 0 Å². The quantitative estimate of drug-likeness (QED) is 0.700. The maximum Gasteiger partial charge on any atom is 0.407 e. The van der Waals surface area contributed by atoms with Crippen LogP contribution >= 0.6 is 11.6 Å². The van der Waals surface area contributed by atoms with Gasteiger partial charge in [-0.25, -0.2) is 4.79 Å². The topological polar surface area (TPSA) is 91.2 Å². The van der Waals surface area contributed by atoms with Gasteiger partial charge in [-0.3, -0.25) is 19.6 Å². The van der Waals surface area contributed by atoms with Gasteiger partial charge in [0.15, 0.2) is 0 Å². The van der Waals surface area contributed by atoms with Gasteiger partial charge in [0.25, 0.3) is 5.56 Å². The Kier molecular flexibility index (Phi) is 4.92. The summed E-state index contributed by atoms with van der Waals surface area (Å²) in [5.74, 6) is 0. The van der Waals surface area contributed by atoms with E-state index in [1.165, 1.54) is 4.90 Å². The van der Waals surface area contributed by atoms with Crippen molar-refractivity contribution in [3.8, 4) is 22.4 Å². The number of likely N-dealkylation sites (tertiary alicyclic amines) is 1. The average molecular weight is 399 g/mol. The molecule has 3 aromatic rings. The summed E-state index contributed by atoms with van der Waals surface area (Å²) in [6, 6.07) is 10.9. The maximum absolute atomic E-state index is 12.9. The van der Waals surface area contributed by atoms with Crippen LogP contribution in [0.15, 0.2) is 53.6 Å². The molecule has 2 N–H and O–H groups in total. The zero-order valence-corrected chi connectivity index (χ0v) is 15.8. The molecule has 4 rings (SSSR count). The predicted octanol–water partition coefficient (Wildman–Crippen LogP) is 3.87. The smallest absolute Gasteiger partial charge is 0.407 e. The Labute approximate surface area is 166 Å². The number of piperidine rings is 1. The minimum atomic E-state index is -0.907. The second-order valence-electron chi connectivity index (χ2n) is 6.78. The molecule has 1 saturated heterocycles. The maximum atomic E-state index is 12.9. The van der Waals surface area contributed by atoms with Crippen molar-refractivity contribution in [3.05, 3.63) is 64.2 Å². The van der Waals surface area contributed by atoms with Gasteiger partial charge in [0, 0.05) is 36.1 Å². The number of rotatable bonds is 3. The molecule has 0 bridgehead atoms. The number of pyridine rings is 1. The normalized spacial score (nSPS) is 15.0. The molecular formula is C20H19ClN4O3. The number of hydrogen-bond donors (Lipinski definition) is 2. The van der Waals surface area contributed by atoms with Crippen LogP contribution in [0.4, 0.5) is 4.79 Å². The number of carboxylic acid groups (broad SMARTS) is 1. The van der Waals surface area contributed by atoms with Crippen LogP contribution in [0.2, 0.25) is 5.02 Å². The molecule has 1 aliphatic heterocycles. The van der Waals surface area contributed by atoms with Crippen molar-refractivity contribution >= 4 is 17.7 Å². The fourth-order valence-corrected chi connectivity index (χ4v) is 3.84. The fourth-order valence-electron chi connectivity index (χ4n) is 3.72. The summed E-state index contributed by atoms with van der Waals surface area (Å²) in [4.78, 5) is 29.6. The first-order valence-corrected chi connectivity index (χ1v) is 9.41. The summed E-state index contributed by atoms with van der Waals surface area (Å²) in [6.45, 7) is 0.874. The monoisotopic (exact) mass is 398 g/mol. The highest BCUT2D eigenvalue weighted by atomic mass is 35.5. The number of H-pyrrole nitrogens is 1. The lowest BCUT2D eigenvalue weighted by Gasteiger charge is -2.31. The Morgan fingerprint density at radius 2 is 1.71 bits per heavy atom. The minimum absolute atomic E-state index is 0.00696. The molecule has 1 amide bonds. The summed E-state index contributed by atoms with van der Waals surface area (Å²) in [6.07, 6.45) is 3.74. The van der Waals surface area contributed by atoms with Gasteiger partial charge < -0.3 is 10.0 Å². The van der Waals surface area contributed by atoms with E-state index in [0.29, 0.717) is 36.5 Å². The number of nitrogens with one attached hydrogen (secondary N) is 1. The molecule has 0 spiro atoms. The second kappa shape index (κ2) is 7.52. The highest BCUT2D eigenvalue weighted by Crippen LogP contribution is 2.34. The third kappa shape index (κ3) is 3.41. The zero-order valence-electron chi connectivity index (χ0n) is 15.0. The van der Waals surface area contributed by atoms with Crippen molar-refractivity contribution in [2.24, 2.45) is 0 Å². The molecule has 144 valence electrons. The Bertz CT molecular complexity index is 1040. The highest BCUT2D eigenvalue weighted by Gasteiger charge is 2.28. The molecular weight excluding hydrogens is 380 g/mol. The minimum Gasteiger partial charge on any atom is -0.465 e. The molecule has 1 fully saturated rings. The van der Waals surface area contributed by atoms with Crippen LogP contribution in [0, 0.1) is 0 Å². The zero-order chi connectivity index (χ0) is 19.7. The van der Waals surface area contributed by atoms with E-state index in [4.69, 9.17) is 11.6 Å². The summed E-state index contributed by atoms with van der Waals surface area (Å²) in [5, 5.41) is 12.8. The molecule has 0 atom stereocenters. The Balaban J connectivity index is 1.81. The fraction of sp³-hybridized carbons (Fsp3) is 0.250. The van der Waals surface area contributed by atoms with Crippen LogP contribution in [0.25, 0.3) is 22.4 Å². The van der Waals surface area contributed by atoms with Crippen LogP contribution in [-0.2, 0) is 0 Å². The number of aromatic amines is 1. The molecule has 3 heterocycles. The van der Waals surface area contributed by atoms with E-state index in [9.17, 15) is 14.7 Å². The van der Waals surface area contributed by atoms with Crippen molar-refractivity contribution in [3.63, 3.8) is 0 Å². The molecule has 2 aromatic heterocycles. The van der Waals surface area contributed by atoms with Crippen LogP contribution in [0.1, 0.15) is 18.9 Å². The number of hydrogen-bond acceptors (Lipinski definition) is 3. The summed E-state index contributed by atoms with van der Waals surface area (Å²) < 4.78 is 1.89. The van der Waals surface area contributed by atoms with Gasteiger partial charge in [-0.1, -0.05) is 23.7 Å². The standard InChI is InChI=1S/C20H19ClN4O3/c21-15-3-1-13(2-4-15)17-18(14-5-9-22-10-6-14)25(23-19(17)26)16-7-11-24(12-8-16)20(27)28/h1-6,9-10,16H,7-8,11-12H2,(H,23,26)(H,27,28). The first-order chi connectivity index (χ1) is 13.5. The number of benzene rings is 1. The predicted molar refractivity (Wildman–Crippen MR) is 107 cm³/mol. The van der Waals surface area contributed by atoms with Gasteiger partial charge in [-0.05, 0) is 42.7 Å². The molecule has 0 aliphatic carbocycles. The summed E-state index contributed by atoms with van der Waals surface area (Å²) >= 11 is 6.01. The lowest BCUT2D eigenvalue weighted by molar-refractivity contribution is 0.124. The molecule has 7 nitrogen and oxygen atoms in total. The van der Waals surface area contributed by atoms with Gasteiger partial charge in [0.1, 0.15) is 0 Å². The third-order valence-corrected chi connectivity index (χ3v) is 5.37. The average Bonchev–Trinajstić information content (AvgIpc) is 3.06. The largest absolute Gasteiger partial charge is 0.465 e. The summed E-state index contributed by atoms with van der Waals surface area (Å²) in [7, 11) is 0. The number of carbonyl (C=O) groups is 1. The lowest BCUT2D eigenvalue weighted by atomic mass is 10.00. The van der Waals surface area contributed by atoms with E-state index >= 15 is 0 Å². The molecule has 0 saturated carbocycles. The number of amides is 1. The first kappa shape index (κ1) is 18.3. The second-order valence-corrected chi connectivity index (χ2v) is 7.21. The van der Waals surface area contributed by atoms with Gasteiger partial charge in [0.05, 0.1) is 17.3 Å². The van der Waals surface area contributed by atoms with E-state index in [1.54, 1.807) is 24.5 Å². The van der Waals surface area contributed by atoms with Gasteiger partial charge in [0.2, 0.25) is 0 Å². The van der Waals surface area contributed by atoms with Crippen molar-refractivity contribution < 1.29 is 9.90 Å². The lowest BCUT2D eigenvalue weighted by Crippen LogP contribution is -2.38. The van der Waals surface area contributed by atoms with Gasteiger partial charge >= 0.3 is 6.09 Å². The van der Waals surface area contributed by atoms with Gasteiger partial charge in [-0.2, -0.15) is 0 Å². The molecule has 0 radical (unpaired) electrons. The summed E-state index contributed by atoms with van der Waals surface area (Å²) in [5.41, 5.74) is 2.82. The molecule has 0 unspecified atom stereocenters. The van der Waals surface area contributed by atoms with Crippen LogP contribution < -0.4 is 5.56 Å². The molecule has 1 aliphatic rings.